The van der Waals surface area contributed by atoms with E-state index in [2.05, 4.69) is 15.5 Å². The Kier molecular flexibility index (Phi) is 7.72. The van der Waals surface area contributed by atoms with E-state index in [9.17, 15) is 32.7 Å². The van der Waals surface area contributed by atoms with Gasteiger partial charge in [0.15, 0.2) is 10.8 Å². The Labute approximate surface area is 173 Å². The number of carbonyl (C=O) groups is 3. The zero-order valence-corrected chi connectivity index (χ0v) is 17.4. The fraction of sp³-hybridized carbons (Fsp3) is 0.471. The Morgan fingerprint density at radius 3 is 2.30 bits per heavy atom. The van der Waals surface area contributed by atoms with Gasteiger partial charge in [0, 0.05) is 17.7 Å². The summed E-state index contributed by atoms with van der Waals surface area (Å²) in [4.78, 5) is 43.1. The van der Waals surface area contributed by atoms with Crippen molar-refractivity contribution >= 4 is 39.9 Å². The fourth-order valence-electron chi connectivity index (χ4n) is 1.52. The number of allylic oxidation sites excluding steroid dienone is 1. The van der Waals surface area contributed by atoms with Crippen molar-refractivity contribution in [2.24, 2.45) is 5.16 Å². The first kappa shape index (κ1) is 25.1. The molecule has 0 aromatic carbocycles. The number of aliphatic carboxylic acids is 1. The SMILES string of the molecule is CC(C)(C)OC(=O)C(C)(C)O/N=C(\C(=O)[O-])c1csc(N/C=C/C(=O)C(F)(F)F)n1. The van der Waals surface area contributed by atoms with Crippen molar-refractivity contribution in [2.75, 3.05) is 5.32 Å². The van der Waals surface area contributed by atoms with Crippen LogP contribution in [0, 0.1) is 0 Å². The molecule has 0 aliphatic carbocycles. The summed E-state index contributed by atoms with van der Waals surface area (Å²) in [7, 11) is 0. The third-order valence-corrected chi connectivity index (χ3v) is 3.69. The molecule has 1 aromatic heterocycles. The molecule has 0 saturated carbocycles. The zero-order valence-electron chi connectivity index (χ0n) is 16.6. The number of ether oxygens (including phenoxy) is 1. The van der Waals surface area contributed by atoms with Crippen molar-refractivity contribution in [3.63, 3.8) is 0 Å². The molecular formula is C17H19F3N3O6S-. The second kappa shape index (κ2) is 9.24. The lowest BCUT2D eigenvalue weighted by Gasteiger charge is -2.26. The van der Waals surface area contributed by atoms with Crippen LogP contribution in [0.2, 0.25) is 0 Å². The van der Waals surface area contributed by atoms with Gasteiger partial charge in [0.25, 0.3) is 5.78 Å². The van der Waals surface area contributed by atoms with E-state index in [1.54, 1.807) is 20.8 Å². The number of hydrogen-bond donors (Lipinski definition) is 1. The van der Waals surface area contributed by atoms with E-state index in [0.717, 1.165) is 11.3 Å². The van der Waals surface area contributed by atoms with Crippen molar-refractivity contribution in [3.8, 4) is 0 Å². The van der Waals surface area contributed by atoms with Crippen LogP contribution < -0.4 is 10.4 Å². The molecule has 9 nitrogen and oxygen atoms in total. The molecule has 1 aromatic rings. The third-order valence-electron chi connectivity index (χ3n) is 2.92. The number of halogens is 3. The molecule has 0 aliphatic rings. The quantitative estimate of drug-likeness (QED) is 0.275. The summed E-state index contributed by atoms with van der Waals surface area (Å²) < 4.78 is 41.5. The molecule has 30 heavy (non-hydrogen) atoms. The van der Waals surface area contributed by atoms with E-state index in [-0.39, 0.29) is 16.9 Å². The summed E-state index contributed by atoms with van der Waals surface area (Å²) in [6.07, 6.45) is -4.06. The van der Waals surface area contributed by atoms with E-state index in [1.165, 1.54) is 19.2 Å². The van der Waals surface area contributed by atoms with Crippen molar-refractivity contribution < 1.29 is 42.2 Å². The van der Waals surface area contributed by atoms with E-state index in [1.807, 2.05) is 0 Å². The van der Waals surface area contributed by atoms with Crippen LogP contribution >= 0.6 is 11.3 Å². The summed E-state index contributed by atoms with van der Waals surface area (Å²) in [6.45, 7) is 7.54. The van der Waals surface area contributed by atoms with Gasteiger partial charge in [-0.25, -0.2) is 9.78 Å². The average molecular weight is 450 g/mol. The van der Waals surface area contributed by atoms with E-state index >= 15 is 0 Å². The van der Waals surface area contributed by atoms with Gasteiger partial charge in [0.2, 0.25) is 5.60 Å². The maximum atomic E-state index is 12.1. The minimum Gasteiger partial charge on any atom is -0.543 e. The minimum absolute atomic E-state index is 0.0309. The van der Waals surface area contributed by atoms with Crippen molar-refractivity contribution in [1.29, 1.82) is 0 Å². The number of ketones is 1. The van der Waals surface area contributed by atoms with Gasteiger partial charge < -0.3 is 24.8 Å². The molecule has 166 valence electrons. The van der Waals surface area contributed by atoms with Gasteiger partial charge in [-0.15, -0.1) is 11.3 Å². The predicted molar refractivity (Wildman–Crippen MR) is 98.5 cm³/mol. The van der Waals surface area contributed by atoms with E-state index < -0.39 is 40.8 Å². The number of nitrogens with one attached hydrogen (secondary N) is 1. The first-order chi connectivity index (χ1) is 13.5. The molecule has 0 saturated heterocycles. The molecule has 0 spiro atoms. The van der Waals surface area contributed by atoms with Crippen LogP contribution in [0.4, 0.5) is 18.3 Å². The molecule has 1 rings (SSSR count). The molecule has 0 unspecified atom stereocenters. The van der Waals surface area contributed by atoms with Crippen LogP contribution in [0.25, 0.3) is 0 Å². The highest BCUT2D eigenvalue weighted by atomic mass is 32.1. The van der Waals surface area contributed by atoms with Crippen molar-refractivity contribution in [3.05, 3.63) is 23.3 Å². The lowest BCUT2D eigenvalue weighted by Crippen LogP contribution is -2.41. The molecule has 13 heteroatoms. The number of oxime groups is 1. The Morgan fingerprint density at radius 2 is 1.80 bits per heavy atom. The normalized spacial score (nSPS) is 13.3. The van der Waals surface area contributed by atoms with Gasteiger partial charge >= 0.3 is 12.1 Å². The number of aromatic nitrogens is 1. The number of anilines is 1. The van der Waals surface area contributed by atoms with Crippen molar-refractivity contribution in [2.45, 2.75) is 52.0 Å². The number of carboxylic acids is 1. The number of carboxylic acid groups (broad SMARTS) is 1. The van der Waals surface area contributed by atoms with Crippen LogP contribution in [0.3, 0.4) is 0 Å². The number of rotatable bonds is 8. The summed E-state index contributed by atoms with van der Waals surface area (Å²) in [6, 6.07) is 0. The van der Waals surface area contributed by atoms with Crippen LogP contribution in [0.15, 0.2) is 22.8 Å². The lowest BCUT2D eigenvalue weighted by molar-refractivity contribution is -0.294. The molecule has 0 bridgehead atoms. The topological polar surface area (TPSA) is 130 Å². The second-order valence-electron chi connectivity index (χ2n) is 7.21. The number of alkyl halides is 3. The molecule has 0 atom stereocenters. The Balaban J connectivity index is 2.94. The molecule has 0 radical (unpaired) electrons. The third kappa shape index (κ3) is 7.81. The maximum Gasteiger partial charge on any atom is 0.454 e. The average Bonchev–Trinajstić information content (AvgIpc) is 3.00. The summed E-state index contributed by atoms with van der Waals surface area (Å²) in [5.41, 5.74) is -3.44. The number of hydrogen-bond acceptors (Lipinski definition) is 10. The first-order valence-electron chi connectivity index (χ1n) is 8.24. The standard InChI is InChI=1S/C17H20F3N3O6S/c1-15(2,3)28-13(27)16(4,5)29-23-11(12(25)26)9-8-30-14(22-9)21-7-6-10(24)17(18,19)20/h6-8H,1-5H3,(H,21,22)(H,25,26)/p-1/b7-6+,23-11-. The Hall–Kier alpha value is -2.96. The first-order valence-corrected chi connectivity index (χ1v) is 9.12. The number of carbonyl (C=O) groups excluding carboxylic acids is 3. The summed E-state index contributed by atoms with van der Waals surface area (Å²) in [5.74, 6) is -4.65. The maximum absolute atomic E-state index is 12.1. The van der Waals surface area contributed by atoms with Crippen molar-refractivity contribution in [1.82, 2.24) is 4.98 Å². The Morgan fingerprint density at radius 1 is 1.20 bits per heavy atom. The van der Waals surface area contributed by atoms with E-state index in [4.69, 9.17) is 9.57 Å². The number of thiazole rings is 1. The molecule has 1 N–H and O–H groups in total. The zero-order chi connectivity index (χ0) is 23.3. The van der Waals surface area contributed by atoms with Crippen LogP contribution in [-0.4, -0.2) is 45.8 Å². The molecular weight excluding hydrogens is 431 g/mol. The monoisotopic (exact) mass is 450 g/mol. The molecule has 0 fully saturated rings. The van der Waals surface area contributed by atoms with Crippen LogP contribution in [-0.2, 0) is 24.0 Å². The van der Waals surface area contributed by atoms with E-state index in [0.29, 0.717) is 6.20 Å². The van der Waals surface area contributed by atoms with Gasteiger partial charge in [-0.05, 0) is 34.6 Å². The second-order valence-corrected chi connectivity index (χ2v) is 8.07. The highest BCUT2D eigenvalue weighted by Crippen LogP contribution is 2.20. The highest BCUT2D eigenvalue weighted by Gasteiger charge is 2.36. The predicted octanol–water partition coefficient (Wildman–Crippen LogP) is 1.79. The summed E-state index contributed by atoms with van der Waals surface area (Å²) in [5, 5.41) is 18.3. The summed E-state index contributed by atoms with van der Waals surface area (Å²) >= 11 is 0.817. The Bertz CT molecular complexity index is 869. The van der Waals surface area contributed by atoms with Gasteiger partial charge in [-0.1, -0.05) is 5.16 Å². The highest BCUT2D eigenvalue weighted by molar-refractivity contribution is 7.14. The molecule has 0 aliphatic heterocycles. The largest absolute Gasteiger partial charge is 0.543 e. The number of esters is 1. The van der Waals surface area contributed by atoms with Gasteiger partial charge in [0.1, 0.15) is 11.3 Å². The smallest absolute Gasteiger partial charge is 0.454 e. The van der Waals surface area contributed by atoms with Gasteiger partial charge in [0.05, 0.1) is 5.97 Å². The number of nitrogens with zero attached hydrogens (tertiary/aromatic N) is 2. The molecule has 1 heterocycles. The van der Waals surface area contributed by atoms with Crippen LogP contribution in [0.5, 0.6) is 0 Å². The molecule has 0 amide bonds. The minimum atomic E-state index is -5.01. The fourth-order valence-corrected chi connectivity index (χ4v) is 2.19. The van der Waals surface area contributed by atoms with Gasteiger partial charge in [-0.3, -0.25) is 4.79 Å². The lowest BCUT2D eigenvalue weighted by atomic mass is 10.1. The van der Waals surface area contributed by atoms with Gasteiger partial charge in [-0.2, -0.15) is 13.2 Å². The van der Waals surface area contributed by atoms with Crippen LogP contribution in [0.1, 0.15) is 40.3 Å².